The van der Waals surface area contributed by atoms with Crippen LogP contribution in [0.5, 0.6) is 0 Å². The van der Waals surface area contributed by atoms with Crippen molar-refractivity contribution in [3.8, 4) is 11.1 Å². The van der Waals surface area contributed by atoms with Crippen LogP contribution in [-0.2, 0) is 6.54 Å². The molecule has 0 spiro atoms. The zero-order valence-corrected chi connectivity index (χ0v) is 14.8. The number of aryl methyl sites for hydroxylation is 1. The fourth-order valence-corrected chi connectivity index (χ4v) is 3.83. The first-order chi connectivity index (χ1) is 12.0. The van der Waals surface area contributed by atoms with Crippen LogP contribution < -0.4 is 11.2 Å². The lowest BCUT2D eigenvalue weighted by Crippen LogP contribution is -2.21. The van der Waals surface area contributed by atoms with E-state index in [0.29, 0.717) is 22.6 Å². The third-order valence-electron chi connectivity index (χ3n) is 4.19. The molecule has 0 saturated carbocycles. The normalized spacial score (nSPS) is 11.0. The van der Waals surface area contributed by atoms with Crippen LogP contribution in [-0.4, -0.2) is 21.9 Å². The van der Waals surface area contributed by atoms with Crippen molar-refractivity contribution in [1.29, 1.82) is 0 Å². The summed E-state index contributed by atoms with van der Waals surface area (Å²) in [5.74, 6) is -1.19. The van der Waals surface area contributed by atoms with Crippen LogP contribution in [0, 0.1) is 0 Å². The van der Waals surface area contributed by atoms with Crippen LogP contribution in [0.15, 0.2) is 52.3 Å². The van der Waals surface area contributed by atoms with E-state index in [1.807, 2.05) is 47.9 Å². The molecule has 0 amide bonds. The minimum Gasteiger partial charge on any atom is -0.477 e. The molecular weight excluding hydrogens is 336 g/mol. The van der Waals surface area contributed by atoms with Gasteiger partial charge in [-0.15, -0.1) is 11.8 Å². The third kappa shape index (κ3) is 2.89. The number of thioether (sulfide) groups is 1. The fourth-order valence-electron chi connectivity index (χ4n) is 2.99. The predicted octanol–water partition coefficient (Wildman–Crippen LogP) is 3.69. The Labute approximate surface area is 149 Å². The molecule has 1 aromatic heterocycles. The number of rotatable bonds is 4. The van der Waals surface area contributed by atoms with E-state index in [2.05, 4.69) is 0 Å². The summed E-state index contributed by atoms with van der Waals surface area (Å²) in [5.41, 5.74) is 8.48. The quantitative estimate of drug-likeness (QED) is 0.551. The number of pyridine rings is 1. The minimum atomic E-state index is -1.19. The number of carboxylic acid groups (broad SMARTS) is 1. The molecular formula is C19H18N2O3S. The highest BCUT2D eigenvalue weighted by Crippen LogP contribution is 2.28. The van der Waals surface area contributed by atoms with Crippen LogP contribution in [0.25, 0.3) is 22.0 Å². The van der Waals surface area contributed by atoms with E-state index in [1.54, 1.807) is 12.3 Å². The average molecular weight is 354 g/mol. The van der Waals surface area contributed by atoms with Gasteiger partial charge in [-0.25, -0.2) is 4.79 Å². The fraction of sp³-hybridized carbons (Fsp3) is 0.158. The molecule has 3 rings (SSSR count). The summed E-state index contributed by atoms with van der Waals surface area (Å²) in [6.07, 6.45) is 1.78. The Kier molecular flexibility index (Phi) is 4.55. The van der Waals surface area contributed by atoms with E-state index in [9.17, 15) is 14.7 Å². The Hall–Kier alpha value is -2.73. The molecule has 0 radical (unpaired) electrons. The van der Waals surface area contributed by atoms with E-state index in [4.69, 9.17) is 5.73 Å². The zero-order chi connectivity index (χ0) is 18.1. The molecule has 5 nitrogen and oxygen atoms in total. The lowest BCUT2D eigenvalue weighted by Gasteiger charge is -2.17. The van der Waals surface area contributed by atoms with Crippen LogP contribution in [0.1, 0.15) is 17.3 Å². The molecule has 0 fully saturated rings. The van der Waals surface area contributed by atoms with E-state index in [-0.39, 0.29) is 5.56 Å². The second-order valence-electron chi connectivity index (χ2n) is 5.62. The van der Waals surface area contributed by atoms with Gasteiger partial charge in [0.2, 0.25) is 5.43 Å². The van der Waals surface area contributed by atoms with Gasteiger partial charge in [0.15, 0.2) is 0 Å². The summed E-state index contributed by atoms with van der Waals surface area (Å²) >= 11 is 1.27. The molecule has 0 aliphatic rings. The van der Waals surface area contributed by atoms with Gasteiger partial charge in [0, 0.05) is 17.6 Å². The highest BCUT2D eigenvalue weighted by atomic mass is 32.2. The number of nitrogen functional groups attached to an aromatic ring is 1. The summed E-state index contributed by atoms with van der Waals surface area (Å²) in [5, 5.41) is 10.4. The number of carbonyl (C=O) groups is 1. The Morgan fingerprint density at radius 1 is 1.16 bits per heavy atom. The molecule has 0 saturated heterocycles. The lowest BCUT2D eigenvalue weighted by atomic mass is 10.0. The predicted molar refractivity (Wildman–Crippen MR) is 102 cm³/mol. The van der Waals surface area contributed by atoms with Crippen LogP contribution in [0.2, 0.25) is 0 Å². The molecule has 0 aliphatic heterocycles. The molecule has 0 unspecified atom stereocenters. The van der Waals surface area contributed by atoms with Crippen molar-refractivity contribution in [2.45, 2.75) is 18.5 Å². The Morgan fingerprint density at radius 3 is 2.36 bits per heavy atom. The largest absolute Gasteiger partial charge is 0.477 e. The van der Waals surface area contributed by atoms with Gasteiger partial charge in [0.25, 0.3) is 0 Å². The molecule has 6 heteroatoms. The van der Waals surface area contributed by atoms with Crippen molar-refractivity contribution in [2.24, 2.45) is 0 Å². The van der Waals surface area contributed by atoms with Gasteiger partial charge in [-0.2, -0.15) is 0 Å². The topological polar surface area (TPSA) is 85.3 Å². The first-order valence-electron chi connectivity index (χ1n) is 7.81. The van der Waals surface area contributed by atoms with E-state index in [0.717, 1.165) is 16.6 Å². The summed E-state index contributed by atoms with van der Waals surface area (Å²) in [6, 6.07) is 13.0. The summed E-state index contributed by atoms with van der Waals surface area (Å²) in [4.78, 5) is 24.3. The molecule has 25 heavy (non-hydrogen) atoms. The standard InChI is InChI=1S/C19H18N2O3S/c1-3-21-15-10-12(11-4-7-13(20)8-5-11)6-9-14(15)17(22)16(19(23)24)18(21)25-2/h4-10H,3,20H2,1-2H3,(H,23,24). The number of aromatic nitrogens is 1. The summed E-state index contributed by atoms with van der Waals surface area (Å²) in [6.45, 7) is 2.50. The molecule has 0 atom stereocenters. The first-order valence-corrected chi connectivity index (χ1v) is 9.04. The molecule has 128 valence electrons. The van der Waals surface area contributed by atoms with E-state index < -0.39 is 11.4 Å². The average Bonchev–Trinajstić information content (AvgIpc) is 2.61. The number of fused-ring (bicyclic) bond motifs is 1. The SMILES string of the molecule is CCn1c(SC)c(C(=O)O)c(=O)c2ccc(-c3ccc(N)cc3)cc21. The van der Waals surface area contributed by atoms with Crippen molar-refractivity contribution < 1.29 is 9.90 Å². The van der Waals surface area contributed by atoms with Gasteiger partial charge in [0.1, 0.15) is 5.56 Å². The number of nitrogens with two attached hydrogens (primary N) is 1. The summed E-state index contributed by atoms with van der Waals surface area (Å²) < 4.78 is 1.88. The zero-order valence-electron chi connectivity index (χ0n) is 13.9. The van der Waals surface area contributed by atoms with Gasteiger partial charge in [-0.3, -0.25) is 4.79 Å². The van der Waals surface area contributed by atoms with E-state index in [1.165, 1.54) is 11.8 Å². The Balaban J connectivity index is 2.36. The highest BCUT2D eigenvalue weighted by Gasteiger charge is 2.21. The number of aromatic carboxylic acids is 1. The molecule has 0 bridgehead atoms. The second-order valence-corrected chi connectivity index (χ2v) is 6.41. The first kappa shape index (κ1) is 17.1. The molecule has 3 N–H and O–H groups in total. The van der Waals surface area contributed by atoms with Crippen molar-refractivity contribution >= 4 is 34.3 Å². The molecule has 1 heterocycles. The maximum Gasteiger partial charge on any atom is 0.342 e. The van der Waals surface area contributed by atoms with Crippen molar-refractivity contribution in [1.82, 2.24) is 4.57 Å². The monoisotopic (exact) mass is 354 g/mol. The van der Waals surface area contributed by atoms with Gasteiger partial charge in [0.05, 0.1) is 10.5 Å². The number of anilines is 1. The van der Waals surface area contributed by atoms with Crippen LogP contribution in [0.4, 0.5) is 5.69 Å². The molecule has 2 aromatic carbocycles. The van der Waals surface area contributed by atoms with Crippen molar-refractivity contribution in [3.05, 3.63) is 58.3 Å². The second kappa shape index (κ2) is 6.64. The minimum absolute atomic E-state index is 0.165. The van der Waals surface area contributed by atoms with E-state index >= 15 is 0 Å². The highest BCUT2D eigenvalue weighted by molar-refractivity contribution is 7.98. The smallest absolute Gasteiger partial charge is 0.342 e. The number of hydrogen-bond donors (Lipinski definition) is 2. The van der Waals surface area contributed by atoms with Crippen molar-refractivity contribution in [2.75, 3.05) is 12.0 Å². The Bertz CT molecular complexity index is 1020. The lowest BCUT2D eigenvalue weighted by molar-refractivity contribution is 0.0690. The number of benzene rings is 2. The van der Waals surface area contributed by atoms with Gasteiger partial charge >= 0.3 is 5.97 Å². The van der Waals surface area contributed by atoms with Gasteiger partial charge < -0.3 is 15.4 Å². The van der Waals surface area contributed by atoms with Crippen molar-refractivity contribution in [3.63, 3.8) is 0 Å². The number of carboxylic acids is 1. The molecule has 3 aromatic rings. The Morgan fingerprint density at radius 2 is 1.80 bits per heavy atom. The maximum absolute atomic E-state index is 12.7. The third-order valence-corrected chi connectivity index (χ3v) is 5.00. The van der Waals surface area contributed by atoms with Gasteiger partial charge in [-0.1, -0.05) is 18.2 Å². The van der Waals surface area contributed by atoms with Crippen LogP contribution in [0.3, 0.4) is 0 Å². The number of hydrogen-bond acceptors (Lipinski definition) is 4. The van der Waals surface area contributed by atoms with Crippen LogP contribution >= 0.6 is 11.8 Å². The van der Waals surface area contributed by atoms with Gasteiger partial charge in [-0.05, 0) is 48.6 Å². The number of nitrogens with zero attached hydrogens (tertiary/aromatic N) is 1. The summed E-state index contributed by atoms with van der Waals surface area (Å²) in [7, 11) is 0. The maximum atomic E-state index is 12.7. The molecule has 0 aliphatic carbocycles.